The number of amides is 1. The lowest BCUT2D eigenvalue weighted by Gasteiger charge is -2.12. The third-order valence-electron chi connectivity index (χ3n) is 2.60. The Hall–Kier alpha value is -1.98. The molecule has 0 heterocycles. The molecule has 110 valence electrons. The second-order valence-electron chi connectivity index (χ2n) is 4.24. The number of ether oxygens (including phenoxy) is 1. The van der Waals surface area contributed by atoms with Crippen LogP contribution in [0.3, 0.4) is 0 Å². The highest BCUT2D eigenvalue weighted by Gasteiger charge is 2.08. The molecule has 0 radical (unpaired) electrons. The van der Waals surface area contributed by atoms with Crippen molar-refractivity contribution >= 4 is 23.4 Å². The first-order valence-electron chi connectivity index (χ1n) is 6.60. The smallest absolute Gasteiger partial charge is 0.234 e. The van der Waals surface area contributed by atoms with Crippen molar-refractivity contribution in [2.24, 2.45) is 0 Å². The van der Waals surface area contributed by atoms with Crippen molar-refractivity contribution in [3.05, 3.63) is 54.6 Å². The highest BCUT2D eigenvalue weighted by atomic mass is 32.2. The van der Waals surface area contributed by atoms with E-state index < -0.39 is 0 Å². The molecule has 0 spiro atoms. The molecule has 2 rings (SSSR count). The molecular formula is C16H17NO3S. The lowest BCUT2D eigenvalue weighted by molar-refractivity contribution is -0.113. The molecule has 0 aliphatic carbocycles. The number of hydrogen-bond acceptors (Lipinski definition) is 4. The number of anilines is 1. The van der Waals surface area contributed by atoms with E-state index in [9.17, 15) is 4.79 Å². The molecule has 5 heteroatoms. The second kappa shape index (κ2) is 8.34. The third kappa shape index (κ3) is 5.13. The first-order valence-corrected chi connectivity index (χ1v) is 7.75. The number of para-hydroxylation sites is 3. The van der Waals surface area contributed by atoms with Crippen LogP contribution in [0.4, 0.5) is 5.69 Å². The van der Waals surface area contributed by atoms with Gasteiger partial charge in [-0.1, -0.05) is 30.3 Å². The molecule has 21 heavy (non-hydrogen) atoms. The number of thioether (sulfide) groups is 1. The van der Waals surface area contributed by atoms with Gasteiger partial charge in [0.25, 0.3) is 0 Å². The van der Waals surface area contributed by atoms with E-state index in [1.165, 1.54) is 11.8 Å². The summed E-state index contributed by atoms with van der Waals surface area (Å²) in [5.74, 6) is 2.06. The normalized spacial score (nSPS) is 10.1. The molecule has 2 aromatic rings. The van der Waals surface area contributed by atoms with Crippen LogP contribution in [0.15, 0.2) is 54.6 Å². The van der Waals surface area contributed by atoms with Crippen LogP contribution in [0.2, 0.25) is 0 Å². The van der Waals surface area contributed by atoms with Gasteiger partial charge in [0.2, 0.25) is 5.91 Å². The van der Waals surface area contributed by atoms with E-state index in [1.54, 1.807) is 6.07 Å². The standard InChI is InChI=1S/C16H17NO3S/c18-10-11-21-12-16(19)17-14-8-4-5-9-15(14)20-13-6-2-1-3-7-13/h1-9,18H,10-12H2,(H,17,19). The SMILES string of the molecule is O=C(CSCCO)Nc1ccccc1Oc1ccccc1. The summed E-state index contributed by atoms with van der Waals surface area (Å²) < 4.78 is 5.77. The second-order valence-corrected chi connectivity index (χ2v) is 5.34. The Morgan fingerprint density at radius 1 is 1.10 bits per heavy atom. The maximum atomic E-state index is 11.8. The first kappa shape index (κ1) is 15.4. The van der Waals surface area contributed by atoms with Crippen molar-refractivity contribution in [1.82, 2.24) is 0 Å². The quantitative estimate of drug-likeness (QED) is 0.772. The number of rotatable bonds is 7. The van der Waals surface area contributed by atoms with Crippen molar-refractivity contribution in [1.29, 1.82) is 0 Å². The molecular weight excluding hydrogens is 286 g/mol. The lowest BCUT2D eigenvalue weighted by atomic mass is 10.3. The predicted molar refractivity (Wildman–Crippen MR) is 86.0 cm³/mol. The summed E-state index contributed by atoms with van der Waals surface area (Å²) in [6.45, 7) is 0.0751. The largest absolute Gasteiger partial charge is 0.455 e. The molecule has 0 aromatic heterocycles. The first-order chi connectivity index (χ1) is 10.3. The van der Waals surface area contributed by atoms with Crippen molar-refractivity contribution in [3.8, 4) is 11.5 Å². The summed E-state index contributed by atoms with van der Waals surface area (Å²) in [5.41, 5.74) is 0.635. The van der Waals surface area contributed by atoms with Gasteiger partial charge in [-0.3, -0.25) is 4.79 Å². The minimum absolute atomic E-state index is 0.0751. The minimum atomic E-state index is -0.113. The number of hydrogen-bond donors (Lipinski definition) is 2. The van der Waals surface area contributed by atoms with Crippen LogP contribution in [0.1, 0.15) is 0 Å². The number of carbonyl (C=O) groups excluding carboxylic acids is 1. The molecule has 0 aliphatic heterocycles. The molecule has 1 amide bonds. The zero-order chi connectivity index (χ0) is 14.9. The van der Waals surface area contributed by atoms with Gasteiger partial charge in [0.15, 0.2) is 5.75 Å². The summed E-state index contributed by atoms with van der Waals surface area (Å²) in [7, 11) is 0. The van der Waals surface area contributed by atoms with Crippen molar-refractivity contribution < 1.29 is 14.6 Å². The molecule has 4 nitrogen and oxygen atoms in total. The summed E-state index contributed by atoms with van der Waals surface area (Å²) >= 11 is 1.39. The zero-order valence-corrected chi connectivity index (χ0v) is 12.3. The van der Waals surface area contributed by atoms with Gasteiger partial charge in [-0.05, 0) is 24.3 Å². The number of carbonyl (C=O) groups is 1. The monoisotopic (exact) mass is 303 g/mol. The van der Waals surface area contributed by atoms with Crippen LogP contribution in [0.5, 0.6) is 11.5 Å². The third-order valence-corrected chi connectivity index (χ3v) is 3.54. The molecule has 0 aliphatic rings. The lowest BCUT2D eigenvalue weighted by Crippen LogP contribution is -2.15. The molecule has 0 fully saturated rings. The Morgan fingerprint density at radius 3 is 2.57 bits per heavy atom. The van der Waals surface area contributed by atoms with Gasteiger partial charge in [-0.2, -0.15) is 0 Å². The highest BCUT2D eigenvalue weighted by molar-refractivity contribution is 7.99. The van der Waals surface area contributed by atoms with E-state index in [4.69, 9.17) is 9.84 Å². The van der Waals surface area contributed by atoms with Crippen molar-refractivity contribution in [2.45, 2.75) is 0 Å². The summed E-state index contributed by atoms with van der Waals surface area (Å²) in [6.07, 6.45) is 0. The predicted octanol–water partition coefficient (Wildman–Crippen LogP) is 3.14. The maximum Gasteiger partial charge on any atom is 0.234 e. The Labute approximate surface area is 128 Å². The highest BCUT2D eigenvalue weighted by Crippen LogP contribution is 2.29. The van der Waals surface area contributed by atoms with E-state index in [0.717, 1.165) is 0 Å². The Kier molecular flexibility index (Phi) is 6.12. The topological polar surface area (TPSA) is 58.6 Å². The molecule has 2 N–H and O–H groups in total. The Bertz CT molecular complexity index is 575. The maximum absolute atomic E-state index is 11.8. The Morgan fingerprint density at radius 2 is 1.81 bits per heavy atom. The minimum Gasteiger partial charge on any atom is -0.455 e. The van der Waals surface area contributed by atoms with E-state index >= 15 is 0 Å². The fraction of sp³-hybridized carbons (Fsp3) is 0.188. The van der Waals surface area contributed by atoms with E-state index in [2.05, 4.69) is 5.32 Å². The van der Waals surface area contributed by atoms with Gasteiger partial charge >= 0.3 is 0 Å². The van der Waals surface area contributed by atoms with Gasteiger partial charge in [-0.15, -0.1) is 11.8 Å². The summed E-state index contributed by atoms with van der Waals surface area (Å²) in [6, 6.07) is 16.7. The van der Waals surface area contributed by atoms with E-state index in [0.29, 0.717) is 28.7 Å². The van der Waals surface area contributed by atoms with Crippen molar-refractivity contribution in [3.63, 3.8) is 0 Å². The zero-order valence-electron chi connectivity index (χ0n) is 11.5. The van der Waals surface area contributed by atoms with Crippen LogP contribution < -0.4 is 10.1 Å². The van der Waals surface area contributed by atoms with Crippen LogP contribution >= 0.6 is 11.8 Å². The van der Waals surface area contributed by atoms with Gasteiger partial charge in [0.1, 0.15) is 5.75 Å². The van der Waals surface area contributed by atoms with Crippen LogP contribution in [-0.2, 0) is 4.79 Å². The van der Waals surface area contributed by atoms with E-state index in [-0.39, 0.29) is 12.5 Å². The number of aliphatic hydroxyl groups is 1. The number of nitrogens with one attached hydrogen (secondary N) is 1. The average molecular weight is 303 g/mol. The van der Waals surface area contributed by atoms with Gasteiger partial charge < -0.3 is 15.2 Å². The van der Waals surface area contributed by atoms with Crippen molar-refractivity contribution in [2.75, 3.05) is 23.4 Å². The van der Waals surface area contributed by atoms with Crippen LogP contribution in [-0.4, -0.2) is 29.1 Å². The van der Waals surface area contributed by atoms with Gasteiger partial charge in [-0.25, -0.2) is 0 Å². The fourth-order valence-electron chi connectivity index (χ4n) is 1.69. The molecule has 2 aromatic carbocycles. The number of aliphatic hydroxyl groups excluding tert-OH is 1. The molecule has 0 saturated heterocycles. The molecule has 0 saturated carbocycles. The molecule has 0 atom stereocenters. The van der Waals surface area contributed by atoms with Crippen LogP contribution in [0, 0.1) is 0 Å². The number of benzene rings is 2. The average Bonchev–Trinajstić information content (AvgIpc) is 2.51. The Balaban J connectivity index is 2.01. The van der Waals surface area contributed by atoms with E-state index in [1.807, 2.05) is 48.5 Å². The molecule has 0 unspecified atom stereocenters. The van der Waals surface area contributed by atoms with Crippen LogP contribution in [0.25, 0.3) is 0 Å². The fourth-order valence-corrected chi connectivity index (χ4v) is 2.22. The van der Waals surface area contributed by atoms with Gasteiger partial charge in [0, 0.05) is 5.75 Å². The van der Waals surface area contributed by atoms with Gasteiger partial charge in [0.05, 0.1) is 18.0 Å². The summed E-state index contributed by atoms with van der Waals surface area (Å²) in [5, 5.41) is 11.5. The summed E-state index contributed by atoms with van der Waals surface area (Å²) in [4.78, 5) is 11.8. The molecule has 0 bridgehead atoms.